The van der Waals surface area contributed by atoms with Gasteiger partial charge in [0.1, 0.15) is 11.5 Å². The van der Waals surface area contributed by atoms with E-state index in [9.17, 15) is 0 Å². The van der Waals surface area contributed by atoms with E-state index in [4.69, 9.17) is 9.52 Å². The number of thioether (sulfide) groups is 1. The fraction of sp³-hybridized carbons (Fsp3) is 0.333. The van der Waals surface area contributed by atoms with Gasteiger partial charge in [0.2, 0.25) is 0 Å². The Morgan fingerprint density at radius 2 is 1.68 bits per heavy atom. The Bertz CT molecular complexity index is 493. The van der Waals surface area contributed by atoms with Gasteiger partial charge in [0.15, 0.2) is 0 Å². The second-order valence-corrected chi connectivity index (χ2v) is 5.25. The van der Waals surface area contributed by atoms with Crippen molar-refractivity contribution in [1.82, 2.24) is 5.32 Å². The average Bonchev–Trinajstić information content (AvgIpc) is 2.88. The minimum atomic E-state index is 0.0956. The quantitative estimate of drug-likeness (QED) is 0.817. The standard InChI is InChI=1S/C15H19NO2S/c1-19-11-15-7-6-14(18-15)9-16-8-12-2-4-13(10-17)5-3-12/h2-7,16-17H,8-11H2,1H3. The van der Waals surface area contributed by atoms with Crippen LogP contribution in [0.2, 0.25) is 0 Å². The van der Waals surface area contributed by atoms with E-state index in [1.54, 1.807) is 11.8 Å². The molecule has 0 aliphatic rings. The van der Waals surface area contributed by atoms with Gasteiger partial charge in [-0.25, -0.2) is 0 Å². The van der Waals surface area contributed by atoms with E-state index in [0.29, 0.717) is 0 Å². The molecule has 0 spiro atoms. The lowest BCUT2D eigenvalue weighted by Crippen LogP contribution is -2.12. The predicted octanol–water partition coefficient (Wildman–Crippen LogP) is 2.92. The van der Waals surface area contributed by atoms with Crippen LogP contribution in [0.25, 0.3) is 0 Å². The highest BCUT2D eigenvalue weighted by Gasteiger charge is 2.01. The molecule has 0 radical (unpaired) electrons. The zero-order valence-electron chi connectivity index (χ0n) is 11.1. The van der Waals surface area contributed by atoms with Crippen molar-refractivity contribution >= 4 is 11.8 Å². The third kappa shape index (κ3) is 4.42. The number of benzene rings is 1. The van der Waals surface area contributed by atoms with Crippen LogP contribution in [-0.4, -0.2) is 11.4 Å². The molecule has 0 saturated carbocycles. The Balaban J connectivity index is 1.78. The number of aliphatic hydroxyl groups is 1. The molecule has 0 aliphatic carbocycles. The lowest BCUT2D eigenvalue weighted by molar-refractivity contribution is 0.282. The summed E-state index contributed by atoms with van der Waals surface area (Å²) in [5, 5.41) is 12.3. The molecule has 1 heterocycles. The largest absolute Gasteiger partial charge is 0.464 e. The Morgan fingerprint density at radius 3 is 2.37 bits per heavy atom. The van der Waals surface area contributed by atoms with Crippen LogP contribution >= 0.6 is 11.8 Å². The normalized spacial score (nSPS) is 10.8. The Hall–Kier alpha value is -1.23. The number of nitrogens with one attached hydrogen (secondary N) is 1. The van der Waals surface area contributed by atoms with Gasteiger partial charge >= 0.3 is 0 Å². The minimum absolute atomic E-state index is 0.0956. The first kappa shape index (κ1) is 14.2. The summed E-state index contributed by atoms with van der Waals surface area (Å²) in [5.41, 5.74) is 2.14. The number of rotatable bonds is 7. The third-order valence-corrected chi connectivity index (χ3v) is 3.41. The van der Waals surface area contributed by atoms with Gasteiger partial charge in [-0.1, -0.05) is 24.3 Å². The van der Waals surface area contributed by atoms with Gasteiger partial charge in [-0.3, -0.25) is 0 Å². The first-order valence-corrected chi connectivity index (χ1v) is 7.67. The highest BCUT2D eigenvalue weighted by Crippen LogP contribution is 2.13. The SMILES string of the molecule is CSCc1ccc(CNCc2ccc(CO)cc2)o1. The summed E-state index contributed by atoms with van der Waals surface area (Å²) in [6, 6.07) is 12.0. The van der Waals surface area contributed by atoms with Crippen LogP contribution in [0.1, 0.15) is 22.6 Å². The zero-order valence-corrected chi connectivity index (χ0v) is 11.9. The second-order valence-electron chi connectivity index (χ2n) is 4.38. The van der Waals surface area contributed by atoms with Crippen molar-refractivity contribution in [3.05, 3.63) is 59.0 Å². The zero-order chi connectivity index (χ0) is 13.5. The summed E-state index contributed by atoms with van der Waals surface area (Å²) in [5.74, 6) is 2.91. The van der Waals surface area contributed by atoms with Gasteiger partial charge in [0.25, 0.3) is 0 Å². The summed E-state index contributed by atoms with van der Waals surface area (Å²) in [6.07, 6.45) is 2.07. The molecule has 1 aromatic carbocycles. The van der Waals surface area contributed by atoms with E-state index in [-0.39, 0.29) is 6.61 Å². The van der Waals surface area contributed by atoms with Crippen molar-refractivity contribution in [2.24, 2.45) is 0 Å². The van der Waals surface area contributed by atoms with Crippen molar-refractivity contribution in [2.75, 3.05) is 6.26 Å². The molecular formula is C15H19NO2S. The van der Waals surface area contributed by atoms with Crippen LogP contribution in [0.5, 0.6) is 0 Å². The number of hydrogen-bond acceptors (Lipinski definition) is 4. The molecule has 1 aromatic heterocycles. The van der Waals surface area contributed by atoms with E-state index in [1.165, 1.54) is 5.56 Å². The fourth-order valence-electron chi connectivity index (χ4n) is 1.83. The van der Waals surface area contributed by atoms with Gasteiger partial charge in [0.05, 0.1) is 18.9 Å². The molecule has 102 valence electrons. The Labute approximate surface area is 118 Å². The third-order valence-electron chi connectivity index (χ3n) is 2.84. The van der Waals surface area contributed by atoms with E-state index < -0.39 is 0 Å². The predicted molar refractivity (Wildman–Crippen MR) is 78.8 cm³/mol. The molecule has 0 saturated heterocycles. The van der Waals surface area contributed by atoms with Gasteiger partial charge < -0.3 is 14.8 Å². The van der Waals surface area contributed by atoms with Crippen molar-refractivity contribution in [1.29, 1.82) is 0 Å². The van der Waals surface area contributed by atoms with Crippen molar-refractivity contribution < 1.29 is 9.52 Å². The molecule has 2 N–H and O–H groups in total. The molecule has 2 rings (SSSR count). The molecule has 2 aromatic rings. The molecule has 0 amide bonds. The van der Waals surface area contributed by atoms with Crippen LogP contribution in [0.4, 0.5) is 0 Å². The first-order chi connectivity index (χ1) is 9.31. The van der Waals surface area contributed by atoms with Crippen molar-refractivity contribution in [3.8, 4) is 0 Å². The van der Waals surface area contributed by atoms with Gasteiger partial charge in [-0.05, 0) is 29.5 Å². The van der Waals surface area contributed by atoms with E-state index >= 15 is 0 Å². The van der Waals surface area contributed by atoms with Crippen molar-refractivity contribution in [2.45, 2.75) is 25.4 Å². The summed E-state index contributed by atoms with van der Waals surface area (Å²) in [6.45, 7) is 1.62. The molecule has 0 fully saturated rings. The van der Waals surface area contributed by atoms with Crippen LogP contribution in [-0.2, 0) is 25.4 Å². The Morgan fingerprint density at radius 1 is 1.00 bits per heavy atom. The monoisotopic (exact) mass is 277 g/mol. The van der Waals surface area contributed by atoms with E-state index in [1.807, 2.05) is 36.4 Å². The van der Waals surface area contributed by atoms with E-state index in [0.717, 1.165) is 35.9 Å². The van der Waals surface area contributed by atoms with Gasteiger partial charge in [-0.2, -0.15) is 11.8 Å². The molecule has 0 bridgehead atoms. The maximum absolute atomic E-state index is 8.97. The van der Waals surface area contributed by atoms with Crippen LogP contribution in [0.15, 0.2) is 40.8 Å². The molecule has 0 unspecified atom stereocenters. The molecule has 4 heteroatoms. The molecule has 0 atom stereocenters. The molecule has 0 aliphatic heterocycles. The Kier molecular flexibility index (Phi) is 5.51. The fourth-order valence-corrected chi connectivity index (χ4v) is 2.27. The minimum Gasteiger partial charge on any atom is -0.464 e. The van der Waals surface area contributed by atoms with Crippen LogP contribution in [0.3, 0.4) is 0 Å². The molecule has 19 heavy (non-hydrogen) atoms. The highest BCUT2D eigenvalue weighted by atomic mass is 32.2. The smallest absolute Gasteiger partial charge is 0.118 e. The van der Waals surface area contributed by atoms with Gasteiger partial charge in [-0.15, -0.1) is 0 Å². The molecular weight excluding hydrogens is 258 g/mol. The van der Waals surface area contributed by atoms with Crippen LogP contribution in [0, 0.1) is 0 Å². The lowest BCUT2D eigenvalue weighted by atomic mass is 10.1. The average molecular weight is 277 g/mol. The summed E-state index contributed by atoms with van der Waals surface area (Å²) in [4.78, 5) is 0. The highest BCUT2D eigenvalue weighted by molar-refractivity contribution is 7.97. The lowest BCUT2D eigenvalue weighted by Gasteiger charge is -2.04. The maximum Gasteiger partial charge on any atom is 0.118 e. The summed E-state index contributed by atoms with van der Waals surface area (Å²) in [7, 11) is 0. The summed E-state index contributed by atoms with van der Waals surface area (Å²) >= 11 is 1.76. The molecule has 3 nitrogen and oxygen atoms in total. The number of hydrogen-bond donors (Lipinski definition) is 2. The van der Waals surface area contributed by atoms with E-state index in [2.05, 4.69) is 11.6 Å². The topological polar surface area (TPSA) is 45.4 Å². The van der Waals surface area contributed by atoms with Gasteiger partial charge in [0, 0.05) is 6.54 Å². The van der Waals surface area contributed by atoms with Crippen molar-refractivity contribution in [3.63, 3.8) is 0 Å². The summed E-state index contributed by atoms with van der Waals surface area (Å²) < 4.78 is 5.68. The number of furan rings is 1. The number of aliphatic hydroxyl groups excluding tert-OH is 1. The first-order valence-electron chi connectivity index (χ1n) is 6.27. The van der Waals surface area contributed by atoms with Crippen LogP contribution < -0.4 is 5.32 Å². The maximum atomic E-state index is 8.97. The second kappa shape index (κ2) is 7.38.